The molecule has 0 radical (unpaired) electrons. The van der Waals surface area contributed by atoms with E-state index in [9.17, 15) is 39.3 Å². The molecule has 0 saturated heterocycles. The number of esters is 4. The Balaban J connectivity index is 0.000000227. The Hall–Kier alpha value is -8.13. The van der Waals surface area contributed by atoms with Crippen LogP contribution in [-0.2, 0) is 9.59 Å². The van der Waals surface area contributed by atoms with Gasteiger partial charge < -0.3 is 43.7 Å². The number of hydrogen-bond acceptors (Lipinski definition) is 14. The summed E-state index contributed by atoms with van der Waals surface area (Å²) in [5.74, 6) is 1.28. The Morgan fingerprint density at radius 2 is 0.667 bits per heavy atom. The Morgan fingerprint density at radius 3 is 0.971 bits per heavy atom. The minimum atomic E-state index is -0.914. The van der Waals surface area contributed by atoms with Crippen LogP contribution in [0.15, 0.2) is 146 Å². The van der Waals surface area contributed by atoms with Crippen molar-refractivity contribution in [1.29, 1.82) is 0 Å². The topological polar surface area (TPSA) is 201 Å². The molecule has 362 valence electrons. The van der Waals surface area contributed by atoms with E-state index in [2.05, 4.69) is 13.8 Å². The molecule has 1 unspecified atom stereocenters. The summed E-state index contributed by atoms with van der Waals surface area (Å²) in [6, 6.07) is 37.3. The number of phenolic OH excluding ortho intramolecular Hbond substituents is 3. The minimum Gasteiger partial charge on any atom is -0.508 e. The van der Waals surface area contributed by atoms with E-state index < -0.39 is 28.9 Å². The summed E-state index contributed by atoms with van der Waals surface area (Å²) in [6.07, 6.45) is 1.50. The maximum atomic E-state index is 12.0. The fourth-order valence-electron chi connectivity index (χ4n) is 5.29. The molecule has 0 spiro atoms. The van der Waals surface area contributed by atoms with Gasteiger partial charge in [0.15, 0.2) is 0 Å². The number of carbonyl (C=O) groups is 5. The van der Waals surface area contributed by atoms with E-state index in [1.807, 2.05) is 53.7 Å². The second kappa shape index (κ2) is 25.1. The highest BCUT2D eigenvalue weighted by Crippen LogP contribution is 2.28. The average Bonchev–Trinajstić information content (AvgIpc) is 3.34. The van der Waals surface area contributed by atoms with Crippen LogP contribution in [0.25, 0.3) is 0 Å². The molecule has 0 aliphatic carbocycles. The largest absolute Gasteiger partial charge is 0.519 e. The van der Waals surface area contributed by atoms with Crippen molar-refractivity contribution in [3.8, 4) is 51.7 Å². The van der Waals surface area contributed by atoms with Crippen LogP contribution in [0, 0.1) is 10.8 Å². The van der Waals surface area contributed by atoms with Crippen molar-refractivity contribution in [3.63, 3.8) is 0 Å². The fraction of sp³-hybridized carbons (Fsp3) is 0.255. The van der Waals surface area contributed by atoms with E-state index in [0.717, 1.165) is 6.42 Å². The molecule has 0 heterocycles. The zero-order valence-corrected chi connectivity index (χ0v) is 39.9. The van der Waals surface area contributed by atoms with Crippen LogP contribution in [0.4, 0.5) is 4.79 Å². The summed E-state index contributed by atoms with van der Waals surface area (Å²) < 4.78 is 31.1. The molecule has 6 rings (SSSR count). The normalized spacial score (nSPS) is 11.2. The third-order valence-electron chi connectivity index (χ3n) is 10.9. The van der Waals surface area contributed by atoms with Crippen LogP contribution in [0.3, 0.4) is 0 Å². The van der Waals surface area contributed by atoms with Crippen LogP contribution in [0.5, 0.6) is 51.7 Å². The van der Waals surface area contributed by atoms with Crippen molar-refractivity contribution < 1.29 is 67.7 Å². The van der Waals surface area contributed by atoms with Crippen LogP contribution < -0.4 is 28.4 Å². The molecule has 14 heteroatoms. The summed E-state index contributed by atoms with van der Waals surface area (Å²) in [4.78, 5) is 59.6. The van der Waals surface area contributed by atoms with Crippen molar-refractivity contribution in [2.24, 2.45) is 10.8 Å². The molecule has 0 aromatic heterocycles. The molecule has 0 aliphatic rings. The Morgan fingerprint density at radius 1 is 0.406 bits per heavy atom. The summed E-state index contributed by atoms with van der Waals surface area (Å²) in [5.41, 5.74) is 0.853. The lowest BCUT2D eigenvalue weighted by atomic mass is 9.91. The van der Waals surface area contributed by atoms with Gasteiger partial charge in [-0.05, 0) is 192 Å². The third kappa shape index (κ3) is 17.2. The van der Waals surface area contributed by atoms with Gasteiger partial charge in [-0.3, -0.25) is 9.59 Å². The zero-order chi connectivity index (χ0) is 50.7. The molecular formula is C55H58O14. The summed E-state index contributed by atoms with van der Waals surface area (Å²) >= 11 is 0. The molecule has 0 saturated carbocycles. The highest BCUT2D eigenvalue weighted by Gasteiger charge is 2.28. The predicted molar refractivity (Wildman–Crippen MR) is 258 cm³/mol. The molecule has 3 N–H and O–H groups in total. The molecule has 6 aromatic carbocycles. The van der Waals surface area contributed by atoms with Crippen molar-refractivity contribution in [2.75, 3.05) is 0 Å². The summed E-state index contributed by atoms with van der Waals surface area (Å²) in [7, 11) is 0. The maximum Gasteiger partial charge on any atom is 0.519 e. The monoisotopic (exact) mass is 942 g/mol. The van der Waals surface area contributed by atoms with Gasteiger partial charge in [-0.15, -0.1) is 0 Å². The van der Waals surface area contributed by atoms with Crippen molar-refractivity contribution in [3.05, 3.63) is 162 Å². The molecular weight excluding hydrogens is 885 g/mol. The van der Waals surface area contributed by atoms with Gasteiger partial charge in [0.2, 0.25) is 0 Å². The zero-order valence-electron chi connectivity index (χ0n) is 39.9. The summed E-state index contributed by atoms with van der Waals surface area (Å²) in [5, 5.41) is 27.6. The van der Waals surface area contributed by atoms with Gasteiger partial charge in [-0.2, -0.15) is 0 Å². The Labute approximate surface area is 402 Å². The highest BCUT2D eigenvalue weighted by molar-refractivity contribution is 5.91. The smallest absolute Gasteiger partial charge is 0.508 e. The number of hydrogen-bond donors (Lipinski definition) is 3. The molecule has 0 bridgehead atoms. The molecule has 6 aromatic rings. The van der Waals surface area contributed by atoms with Gasteiger partial charge in [0.25, 0.3) is 0 Å². The van der Waals surface area contributed by atoms with Crippen molar-refractivity contribution >= 4 is 30.0 Å². The van der Waals surface area contributed by atoms with E-state index in [1.165, 1.54) is 103 Å². The van der Waals surface area contributed by atoms with Crippen LogP contribution in [0.2, 0.25) is 0 Å². The first-order valence-electron chi connectivity index (χ1n) is 22.2. The van der Waals surface area contributed by atoms with Crippen LogP contribution in [-0.4, -0.2) is 45.4 Å². The quantitative estimate of drug-likeness (QED) is 0.0529. The maximum absolute atomic E-state index is 12.0. The Bertz CT molecular complexity index is 2600. The van der Waals surface area contributed by atoms with Gasteiger partial charge in [0.1, 0.15) is 51.7 Å². The Kier molecular flexibility index (Phi) is 19.5. The van der Waals surface area contributed by atoms with E-state index in [4.69, 9.17) is 28.4 Å². The molecule has 0 amide bonds. The number of benzene rings is 6. The van der Waals surface area contributed by atoms with E-state index >= 15 is 0 Å². The molecule has 0 fully saturated rings. The standard InChI is InChI=1S/C19H20O6.C19H20O5.C17H18O3/c1-4-19(2,3)17(21)23-14-9-11-16(12-10-14)25-18(22)24-15-7-5-13(20)6-8-15;1-4-19(2,3)18(22)24-16-11-9-15(10-12-16)23-17(21)13-5-7-14(20)8-6-13;1-3-12(2)13-6-10-16(11-7-13)20-17(19)14-4-8-15(18)9-5-14/h5-12,20H,4H2,1-3H3;5-12,20H,4H2,1-3H3;4-12,18H,3H2,1-2H3. The first kappa shape index (κ1) is 53.5. The second-order valence-electron chi connectivity index (χ2n) is 16.9. The number of rotatable bonds is 14. The lowest BCUT2D eigenvalue weighted by molar-refractivity contribution is -0.144. The number of ether oxygens (including phenoxy) is 6. The van der Waals surface area contributed by atoms with E-state index in [1.54, 1.807) is 36.4 Å². The molecule has 0 aliphatic heterocycles. The molecule has 1 atom stereocenters. The molecule has 69 heavy (non-hydrogen) atoms. The number of aromatic hydroxyl groups is 3. The number of carbonyl (C=O) groups excluding carboxylic acids is 5. The highest BCUT2D eigenvalue weighted by atomic mass is 16.7. The van der Waals surface area contributed by atoms with Crippen LogP contribution >= 0.6 is 0 Å². The first-order chi connectivity index (χ1) is 32.7. The third-order valence-corrected chi connectivity index (χ3v) is 10.9. The lowest BCUT2D eigenvalue weighted by Gasteiger charge is -2.20. The van der Waals surface area contributed by atoms with Gasteiger partial charge >= 0.3 is 30.0 Å². The van der Waals surface area contributed by atoms with Crippen molar-refractivity contribution in [1.82, 2.24) is 0 Å². The van der Waals surface area contributed by atoms with Gasteiger partial charge in [-0.1, -0.05) is 39.8 Å². The van der Waals surface area contributed by atoms with Gasteiger partial charge in [0.05, 0.1) is 22.0 Å². The predicted octanol–water partition coefficient (Wildman–Crippen LogP) is 12.4. The first-order valence-corrected chi connectivity index (χ1v) is 22.2. The van der Waals surface area contributed by atoms with Gasteiger partial charge in [0, 0.05) is 0 Å². The van der Waals surface area contributed by atoms with Crippen LogP contribution in [0.1, 0.15) is 107 Å². The molecule has 14 nitrogen and oxygen atoms in total. The SMILES string of the molecule is CCC(C)(C)C(=O)Oc1ccc(OC(=O)Oc2ccc(O)cc2)cc1.CCC(C)(C)C(=O)Oc1ccc(OC(=O)c2ccc(O)cc2)cc1.CCC(C)c1ccc(OC(=O)c2ccc(O)cc2)cc1. The van der Waals surface area contributed by atoms with E-state index in [0.29, 0.717) is 52.9 Å². The lowest BCUT2D eigenvalue weighted by Crippen LogP contribution is -2.28. The minimum absolute atomic E-state index is 0.0668. The van der Waals surface area contributed by atoms with E-state index in [-0.39, 0.29) is 40.7 Å². The van der Waals surface area contributed by atoms with Gasteiger partial charge in [-0.25, -0.2) is 14.4 Å². The summed E-state index contributed by atoms with van der Waals surface area (Å²) in [6.45, 7) is 15.4. The average molecular weight is 943 g/mol. The fourth-order valence-corrected chi connectivity index (χ4v) is 5.29. The number of phenols is 3. The second-order valence-corrected chi connectivity index (χ2v) is 16.9. The van der Waals surface area contributed by atoms with Crippen molar-refractivity contribution in [2.45, 2.75) is 80.6 Å².